The monoisotopic (exact) mass is 415 g/mol. The van der Waals surface area contributed by atoms with Gasteiger partial charge in [-0.3, -0.25) is 4.79 Å². The third-order valence-corrected chi connectivity index (χ3v) is 6.13. The Kier molecular flexibility index (Phi) is 7.47. The van der Waals surface area contributed by atoms with Crippen molar-refractivity contribution in [3.8, 4) is 6.07 Å². The summed E-state index contributed by atoms with van der Waals surface area (Å²) in [5, 5.41) is 11.3. The van der Waals surface area contributed by atoms with E-state index >= 15 is 0 Å². The highest BCUT2D eigenvalue weighted by Gasteiger charge is 2.21. The first-order valence-corrected chi connectivity index (χ1v) is 10.3. The number of amides is 1. The Balaban J connectivity index is 1.93. The van der Waals surface area contributed by atoms with Gasteiger partial charge < -0.3 is 10.1 Å². The van der Waals surface area contributed by atoms with Crippen LogP contribution in [0.25, 0.3) is 0 Å². The van der Waals surface area contributed by atoms with Crippen LogP contribution in [-0.4, -0.2) is 44.3 Å². The van der Waals surface area contributed by atoms with Gasteiger partial charge in [0.2, 0.25) is 10.0 Å². The van der Waals surface area contributed by atoms with Crippen LogP contribution in [0, 0.1) is 11.3 Å². The van der Waals surface area contributed by atoms with Gasteiger partial charge in [-0.25, -0.2) is 13.2 Å². The van der Waals surface area contributed by atoms with Gasteiger partial charge in [0, 0.05) is 18.8 Å². The fraction of sp³-hybridized carbons (Fsp3) is 0.250. The van der Waals surface area contributed by atoms with Gasteiger partial charge in [0.1, 0.15) is 0 Å². The normalized spacial score (nSPS) is 11.0. The summed E-state index contributed by atoms with van der Waals surface area (Å²) >= 11 is 0. The van der Waals surface area contributed by atoms with Crippen molar-refractivity contribution in [2.75, 3.05) is 25.0 Å². The molecule has 0 atom stereocenters. The van der Waals surface area contributed by atoms with E-state index in [1.807, 2.05) is 6.07 Å². The van der Waals surface area contributed by atoms with Crippen molar-refractivity contribution in [3.05, 3.63) is 59.7 Å². The van der Waals surface area contributed by atoms with Gasteiger partial charge in [0.05, 0.1) is 22.1 Å². The molecule has 0 aliphatic carbocycles. The number of nitrogens with one attached hydrogen (secondary N) is 1. The first-order valence-electron chi connectivity index (χ1n) is 8.89. The highest BCUT2D eigenvalue weighted by atomic mass is 32.2. The summed E-state index contributed by atoms with van der Waals surface area (Å²) < 4.78 is 31.2. The SMILES string of the molecule is CCN(CC)S(=O)(=O)c1ccc(NC(=O)COC(=O)c2ccc(C#N)cc2)cc1. The molecule has 0 fully saturated rings. The molecule has 152 valence electrons. The highest BCUT2D eigenvalue weighted by Crippen LogP contribution is 2.18. The molecule has 0 saturated carbocycles. The fourth-order valence-corrected chi connectivity index (χ4v) is 3.97. The number of nitrogens with zero attached hydrogens (tertiary/aromatic N) is 2. The molecule has 0 aliphatic rings. The van der Waals surface area contributed by atoms with E-state index in [1.54, 1.807) is 13.8 Å². The number of ether oxygens (including phenoxy) is 1. The molecule has 0 heterocycles. The molecule has 0 saturated heterocycles. The topological polar surface area (TPSA) is 117 Å². The van der Waals surface area contributed by atoms with Crippen molar-refractivity contribution < 1.29 is 22.7 Å². The minimum atomic E-state index is -3.57. The summed E-state index contributed by atoms with van der Waals surface area (Å²) in [6.07, 6.45) is 0. The molecule has 0 spiro atoms. The van der Waals surface area contributed by atoms with Crippen molar-refractivity contribution >= 4 is 27.6 Å². The number of benzene rings is 2. The molecule has 0 unspecified atom stereocenters. The van der Waals surface area contributed by atoms with Crippen molar-refractivity contribution in [2.24, 2.45) is 0 Å². The number of rotatable bonds is 8. The number of anilines is 1. The second kappa shape index (κ2) is 9.82. The van der Waals surface area contributed by atoms with E-state index in [1.165, 1.54) is 52.8 Å². The molecule has 2 rings (SSSR count). The molecule has 9 heteroatoms. The maximum atomic E-state index is 12.4. The third-order valence-electron chi connectivity index (χ3n) is 4.07. The zero-order chi connectivity index (χ0) is 21.4. The van der Waals surface area contributed by atoms with Gasteiger partial charge >= 0.3 is 5.97 Å². The van der Waals surface area contributed by atoms with E-state index < -0.39 is 28.5 Å². The molecule has 29 heavy (non-hydrogen) atoms. The Bertz CT molecular complexity index is 1010. The van der Waals surface area contributed by atoms with Crippen LogP contribution in [-0.2, 0) is 19.6 Å². The second-order valence-corrected chi connectivity index (χ2v) is 7.87. The lowest BCUT2D eigenvalue weighted by molar-refractivity contribution is -0.119. The van der Waals surface area contributed by atoms with Crippen LogP contribution >= 0.6 is 0 Å². The molecule has 8 nitrogen and oxygen atoms in total. The Hall–Kier alpha value is -3.22. The predicted octanol–water partition coefficient (Wildman–Crippen LogP) is 2.38. The Morgan fingerprint density at radius 3 is 2.14 bits per heavy atom. The zero-order valence-corrected chi connectivity index (χ0v) is 16.9. The van der Waals surface area contributed by atoms with Crippen LogP contribution in [0.4, 0.5) is 5.69 Å². The van der Waals surface area contributed by atoms with Crippen molar-refractivity contribution in [1.82, 2.24) is 4.31 Å². The van der Waals surface area contributed by atoms with Gasteiger partial charge in [0.15, 0.2) is 6.61 Å². The minimum absolute atomic E-state index is 0.131. The Morgan fingerprint density at radius 1 is 1.03 bits per heavy atom. The molecule has 0 aliphatic heterocycles. The number of carbonyl (C=O) groups excluding carboxylic acids is 2. The first-order chi connectivity index (χ1) is 13.8. The van der Waals surface area contributed by atoms with Crippen LogP contribution < -0.4 is 5.32 Å². The van der Waals surface area contributed by atoms with Gasteiger partial charge in [-0.2, -0.15) is 9.57 Å². The number of hydrogen-bond donors (Lipinski definition) is 1. The third kappa shape index (κ3) is 5.63. The summed E-state index contributed by atoms with van der Waals surface area (Å²) in [5.41, 5.74) is 1.01. The molecular formula is C20H21N3O5S. The molecule has 2 aromatic rings. The van der Waals surface area contributed by atoms with Crippen molar-refractivity contribution in [2.45, 2.75) is 18.7 Å². The minimum Gasteiger partial charge on any atom is -0.452 e. The second-order valence-electron chi connectivity index (χ2n) is 5.93. The summed E-state index contributed by atoms with van der Waals surface area (Å²) in [4.78, 5) is 24.0. The first kappa shape index (κ1) is 22.1. The molecule has 1 N–H and O–H groups in total. The number of hydrogen-bond acceptors (Lipinski definition) is 6. The van der Waals surface area contributed by atoms with E-state index in [2.05, 4.69) is 5.32 Å². The quantitative estimate of drug-likeness (QED) is 0.662. The Morgan fingerprint density at radius 2 is 1.62 bits per heavy atom. The van der Waals surface area contributed by atoms with Gasteiger partial charge in [-0.1, -0.05) is 13.8 Å². The fourth-order valence-electron chi connectivity index (χ4n) is 2.52. The van der Waals surface area contributed by atoms with Gasteiger partial charge in [0.25, 0.3) is 5.91 Å². The van der Waals surface area contributed by atoms with Crippen LogP contribution in [0.3, 0.4) is 0 Å². The average molecular weight is 415 g/mol. The van der Waals surface area contributed by atoms with Crippen LogP contribution in [0.1, 0.15) is 29.8 Å². The lowest BCUT2D eigenvalue weighted by atomic mass is 10.1. The van der Waals surface area contributed by atoms with Crippen LogP contribution in [0.2, 0.25) is 0 Å². The predicted molar refractivity (Wildman–Crippen MR) is 107 cm³/mol. The summed E-state index contributed by atoms with van der Waals surface area (Å²) in [5.74, 6) is -1.25. The lowest BCUT2D eigenvalue weighted by Gasteiger charge is -2.18. The molecule has 0 radical (unpaired) electrons. The number of nitriles is 1. The van der Waals surface area contributed by atoms with E-state index in [9.17, 15) is 18.0 Å². The van der Waals surface area contributed by atoms with Gasteiger partial charge in [-0.05, 0) is 48.5 Å². The van der Waals surface area contributed by atoms with Gasteiger partial charge in [-0.15, -0.1) is 0 Å². The smallest absolute Gasteiger partial charge is 0.338 e. The highest BCUT2D eigenvalue weighted by molar-refractivity contribution is 7.89. The zero-order valence-electron chi connectivity index (χ0n) is 16.1. The number of carbonyl (C=O) groups is 2. The maximum absolute atomic E-state index is 12.4. The van der Waals surface area contributed by atoms with Crippen LogP contribution in [0.15, 0.2) is 53.4 Å². The number of esters is 1. The molecule has 1 amide bonds. The van der Waals surface area contributed by atoms with E-state index in [0.29, 0.717) is 24.3 Å². The maximum Gasteiger partial charge on any atom is 0.338 e. The Labute approximate surface area is 169 Å². The van der Waals surface area contributed by atoms with Crippen molar-refractivity contribution in [1.29, 1.82) is 5.26 Å². The lowest BCUT2D eigenvalue weighted by Crippen LogP contribution is -2.30. The summed E-state index contributed by atoms with van der Waals surface area (Å²) in [6.45, 7) is 3.74. The molecular weight excluding hydrogens is 394 g/mol. The number of sulfonamides is 1. The largest absolute Gasteiger partial charge is 0.452 e. The van der Waals surface area contributed by atoms with Crippen LogP contribution in [0.5, 0.6) is 0 Å². The molecule has 0 aromatic heterocycles. The van der Waals surface area contributed by atoms with E-state index in [4.69, 9.17) is 10.00 Å². The van der Waals surface area contributed by atoms with E-state index in [-0.39, 0.29) is 10.5 Å². The summed E-state index contributed by atoms with van der Waals surface area (Å²) in [7, 11) is -3.57. The summed E-state index contributed by atoms with van der Waals surface area (Å²) in [6, 6.07) is 13.5. The average Bonchev–Trinajstić information content (AvgIpc) is 2.73. The van der Waals surface area contributed by atoms with E-state index in [0.717, 1.165) is 0 Å². The molecule has 0 bridgehead atoms. The van der Waals surface area contributed by atoms with Crippen molar-refractivity contribution in [3.63, 3.8) is 0 Å². The standard InChI is InChI=1S/C20H21N3O5S/c1-3-23(4-2)29(26,27)18-11-9-17(10-12-18)22-19(24)14-28-20(25)16-7-5-15(13-21)6-8-16/h5-12H,3-4,14H2,1-2H3,(H,22,24). The molecule has 2 aromatic carbocycles.